The molecular weight excluding hydrogens is 386 g/mol. The number of nitrogens with zero attached hydrogens (tertiary/aromatic N) is 1. The first-order valence-corrected chi connectivity index (χ1v) is 11.3. The highest BCUT2D eigenvalue weighted by Crippen LogP contribution is 2.27. The lowest BCUT2D eigenvalue weighted by Gasteiger charge is -2.46. The van der Waals surface area contributed by atoms with Crippen molar-refractivity contribution < 1.29 is 34.2 Å². The molecule has 0 aliphatic carbocycles. The van der Waals surface area contributed by atoms with E-state index >= 15 is 0 Å². The van der Waals surface area contributed by atoms with Gasteiger partial charge in [0.25, 0.3) is 0 Å². The zero-order valence-electron chi connectivity index (χ0n) is 19.1. The van der Waals surface area contributed by atoms with Gasteiger partial charge in [-0.3, -0.25) is 4.48 Å². The van der Waals surface area contributed by atoms with Gasteiger partial charge in [-0.25, -0.2) is 9.59 Å². The van der Waals surface area contributed by atoms with Crippen LogP contribution in [0.3, 0.4) is 0 Å². The number of allylic oxidation sites excluding steroid dienone is 1. The summed E-state index contributed by atoms with van der Waals surface area (Å²) in [5, 5.41) is 30.6. The summed E-state index contributed by atoms with van der Waals surface area (Å²) in [5.74, 6) is -3.97. The maximum atomic E-state index is 11.7. The van der Waals surface area contributed by atoms with E-state index in [1.165, 1.54) is 71.9 Å². The Bertz CT molecular complexity index is 510. The first-order valence-electron chi connectivity index (χ1n) is 11.3. The molecule has 0 aromatic heterocycles. The summed E-state index contributed by atoms with van der Waals surface area (Å²) in [6.45, 7) is 6.19. The highest BCUT2D eigenvalue weighted by atomic mass is 16.4. The maximum absolute atomic E-state index is 11.7. The first kappa shape index (κ1) is 28.1. The van der Waals surface area contributed by atoms with E-state index in [4.69, 9.17) is 0 Å². The number of hydrogen-bond donors (Lipinski definition) is 2. The van der Waals surface area contributed by atoms with Gasteiger partial charge in [-0.2, -0.15) is 0 Å². The van der Waals surface area contributed by atoms with Crippen LogP contribution in [0.25, 0.3) is 0 Å². The van der Waals surface area contributed by atoms with Gasteiger partial charge in [0.1, 0.15) is 6.04 Å². The molecule has 0 aromatic rings. The van der Waals surface area contributed by atoms with Gasteiger partial charge >= 0.3 is 11.9 Å². The minimum atomic E-state index is -1.47. The second kappa shape index (κ2) is 15.0. The molecule has 3 unspecified atom stereocenters. The van der Waals surface area contributed by atoms with Crippen LogP contribution in [0.2, 0.25) is 0 Å². The number of aliphatic carboxylic acids is 3. The van der Waals surface area contributed by atoms with Crippen LogP contribution >= 0.6 is 0 Å². The zero-order valence-corrected chi connectivity index (χ0v) is 19.1. The highest BCUT2D eigenvalue weighted by molar-refractivity contribution is 5.77. The Balaban J connectivity index is 4.85. The molecule has 0 aromatic carbocycles. The molecular formula is C23H41NO6. The quantitative estimate of drug-likeness (QED) is 0.254. The molecule has 0 aliphatic heterocycles. The minimum Gasteiger partial charge on any atom is -0.544 e. The molecule has 0 heterocycles. The standard InChI is InChI=1S/C23H41NO6/c1-5-6-7-8-9-10-11-12-13-14-15-16-17-24(18(2)21(25)26,19(3)22(27)28)20(4)23(29)30/h16-20H,5-15H2,1-4H3,(H2-,25,26,27,28,29,30)/b17-16+. The maximum Gasteiger partial charge on any atom is 0.362 e. The molecule has 0 aliphatic rings. The number of carbonyl (C=O) groups excluding carboxylic acids is 1. The Hall–Kier alpha value is -1.89. The number of carboxylic acids is 3. The van der Waals surface area contributed by atoms with Gasteiger partial charge in [0, 0.05) is 0 Å². The van der Waals surface area contributed by atoms with E-state index in [1.54, 1.807) is 6.08 Å². The zero-order chi connectivity index (χ0) is 23.2. The van der Waals surface area contributed by atoms with Crippen LogP contribution in [0.15, 0.2) is 12.3 Å². The second-order valence-electron chi connectivity index (χ2n) is 8.27. The van der Waals surface area contributed by atoms with Crippen LogP contribution in [-0.4, -0.2) is 50.7 Å². The lowest BCUT2D eigenvalue weighted by atomic mass is 10.0. The average Bonchev–Trinajstić information content (AvgIpc) is 2.70. The molecule has 7 heteroatoms. The minimum absolute atomic E-state index is 0.648. The lowest BCUT2D eigenvalue weighted by molar-refractivity contribution is -0.923. The van der Waals surface area contributed by atoms with E-state index in [2.05, 4.69) is 6.92 Å². The van der Waals surface area contributed by atoms with Crippen molar-refractivity contribution in [2.24, 2.45) is 0 Å². The number of unbranched alkanes of at least 4 members (excludes halogenated alkanes) is 10. The smallest absolute Gasteiger partial charge is 0.362 e. The fourth-order valence-electron chi connectivity index (χ4n) is 3.97. The molecule has 0 saturated heterocycles. The fourth-order valence-corrected chi connectivity index (χ4v) is 3.97. The summed E-state index contributed by atoms with van der Waals surface area (Å²) in [6, 6.07) is -3.80. The van der Waals surface area contributed by atoms with E-state index in [0.717, 1.165) is 19.3 Å². The molecule has 174 valence electrons. The van der Waals surface area contributed by atoms with Crippen LogP contribution in [0.1, 0.15) is 98.3 Å². The van der Waals surface area contributed by atoms with Crippen molar-refractivity contribution in [1.82, 2.24) is 0 Å². The fraction of sp³-hybridized carbons (Fsp3) is 0.783. The first-order chi connectivity index (χ1) is 14.1. The Morgan fingerprint density at radius 3 is 1.53 bits per heavy atom. The van der Waals surface area contributed by atoms with Crippen molar-refractivity contribution in [3.05, 3.63) is 12.3 Å². The van der Waals surface area contributed by atoms with E-state index < -0.39 is 40.5 Å². The molecule has 0 rings (SSSR count). The molecule has 0 spiro atoms. The van der Waals surface area contributed by atoms with Crippen molar-refractivity contribution in [1.29, 1.82) is 0 Å². The largest absolute Gasteiger partial charge is 0.544 e. The predicted octanol–water partition coefficient (Wildman–Crippen LogP) is 3.71. The van der Waals surface area contributed by atoms with Crippen LogP contribution in [-0.2, 0) is 14.4 Å². The number of rotatable bonds is 18. The lowest BCUT2D eigenvalue weighted by Crippen LogP contribution is -2.68. The molecule has 30 heavy (non-hydrogen) atoms. The number of carboxylic acid groups (broad SMARTS) is 3. The summed E-state index contributed by atoms with van der Waals surface area (Å²) >= 11 is 0. The number of quaternary nitrogens is 1. The normalized spacial score (nSPS) is 16.7. The summed E-state index contributed by atoms with van der Waals surface area (Å²) < 4.78 is -0.717. The van der Waals surface area contributed by atoms with Crippen molar-refractivity contribution in [2.75, 3.05) is 0 Å². The van der Waals surface area contributed by atoms with E-state index in [0.29, 0.717) is 6.42 Å². The van der Waals surface area contributed by atoms with Crippen molar-refractivity contribution in [3.8, 4) is 0 Å². The van der Waals surface area contributed by atoms with Gasteiger partial charge in [-0.1, -0.05) is 64.7 Å². The van der Waals surface area contributed by atoms with Crippen LogP contribution < -0.4 is 5.11 Å². The third-order valence-electron chi connectivity index (χ3n) is 6.16. The molecule has 3 atom stereocenters. The van der Waals surface area contributed by atoms with E-state index in [1.807, 2.05) is 0 Å². The van der Waals surface area contributed by atoms with E-state index in [9.17, 15) is 29.7 Å². The molecule has 0 amide bonds. The van der Waals surface area contributed by atoms with Crippen molar-refractivity contribution in [3.63, 3.8) is 0 Å². The van der Waals surface area contributed by atoms with Gasteiger partial charge in [0.15, 0.2) is 12.1 Å². The summed E-state index contributed by atoms with van der Waals surface area (Å²) in [5.41, 5.74) is 0. The third kappa shape index (κ3) is 8.86. The van der Waals surface area contributed by atoms with Crippen LogP contribution in [0.4, 0.5) is 0 Å². The number of hydrogen-bond acceptors (Lipinski definition) is 4. The number of carbonyl (C=O) groups is 3. The summed E-state index contributed by atoms with van der Waals surface area (Å²) in [6.07, 6.45) is 15.8. The van der Waals surface area contributed by atoms with E-state index in [-0.39, 0.29) is 0 Å². The third-order valence-corrected chi connectivity index (χ3v) is 6.16. The molecule has 0 bridgehead atoms. The topological polar surface area (TPSA) is 115 Å². The predicted molar refractivity (Wildman–Crippen MR) is 115 cm³/mol. The highest BCUT2D eigenvalue weighted by Gasteiger charge is 2.49. The van der Waals surface area contributed by atoms with Gasteiger partial charge in [0.05, 0.1) is 12.2 Å². The van der Waals surface area contributed by atoms with Gasteiger partial charge < -0.3 is 20.1 Å². The summed E-state index contributed by atoms with van der Waals surface area (Å²) in [4.78, 5) is 34.9. The van der Waals surface area contributed by atoms with Crippen molar-refractivity contribution >= 4 is 17.9 Å². The van der Waals surface area contributed by atoms with Gasteiger partial charge in [0.2, 0.25) is 0 Å². The molecule has 0 radical (unpaired) electrons. The van der Waals surface area contributed by atoms with Crippen LogP contribution in [0.5, 0.6) is 0 Å². The average molecular weight is 428 g/mol. The molecule has 0 saturated carbocycles. The Labute approximate surface area is 181 Å². The molecule has 7 nitrogen and oxygen atoms in total. The summed E-state index contributed by atoms with van der Waals surface area (Å²) in [7, 11) is 0. The second-order valence-corrected chi connectivity index (χ2v) is 8.27. The van der Waals surface area contributed by atoms with Gasteiger partial charge in [-0.15, -0.1) is 0 Å². The molecule has 0 fully saturated rings. The monoisotopic (exact) mass is 427 g/mol. The van der Waals surface area contributed by atoms with Gasteiger partial charge in [-0.05, 0) is 39.7 Å². The van der Waals surface area contributed by atoms with Crippen LogP contribution in [0, 0.1) is 0 Å². The SMILES string of the molecule is CCCCCCCCCCCC/C=C/[N+](C(C)C(=O)[O-])(C(C)C(=O)O)C(C)C(=O)O. The Kier molecular flexibility index (Phi) is 14.0. The molecule has 2 N–H and O–H groups in total. The van der Waals surface area contributed by atoms with Crippen molar-refractivity contribution in [2.45, 2.75) is 116 Å². The Morgan fingerprint density at radius 2 is 1.17 bits per heavy atom. The Morgan fingerprint density at radius 1 is 0.767 bits per heavy atom.